The predicted molar refractivity (Wildman–Crippen MR) is 110 cm³/mol. The van der Waals surface area contributed by atoms with Crippen LogP contribution in [0.2, 0.25) is 0 Å². The van der Waals surface area contributed by atoms with E-state index < -0.39 is 0 Å². The number of carbonyl (C=O) groups excluding carboxylic acids is 2. The Kier molecular flexibility index (Phi) is 5.78. The Labute approximate surface area is 165 Å². The van der Waals surface area contributed by atoms with Crippen LogP contribution in [0.1, 0.15) is 33.4 Å². The molecular weight excluding hydrogens is 380 g/mol. The van der Waals surface area contributed by atoms with Crippen LogP contribution >= 0.6 is 22.7 Å². The summed E-state index contributed by atoms with van der Waals surface area (Å²) in [5.74, 6) is -0.384. The summed E-state index contributed by atoms with van der Waals surface area (Å²) in [7, 11) is 0. The SMILES string of the molecule is CC(=O)N(c1nc(/C=N\NC(=O)c2cccs2)cs1)c1cccc(C)c1C. The first-order chi connectivity index (χ1) is 13.0. The number of thiophene rings is 1. The number of amides is 2. The molecule has 0 saturated heterocycles. The molecule has 8 heteroatoms. The third kappa shape index (κ3) is 4.29. The summed E-state index contributed by atoms with van der Waals surface area (Å²) in [4.78, 5) is 30.8. The zero-order valence-electron chi connectivity index (χ0n) is 15.1. The Balaban J connectivity index is 1.78. The quantitative estimate of drug-likeness (QED) is 0.515. The van der Waals surface area contributed by atoms with Crippen molar-refractivity contribution in [2.75, 3.05) is 4.90 Å². The van der Waals surface area contributed by atoms with Crippen molar-refractivity contribution >= 4 is 51.5 Å². The summed E-state index contributed by atoms with van der Waals surface area (Å²) >= 11 is 2.69. The van der Waals surface area contributed by atoms with Gasteiger partial charge in [-0.3, -0.25) is 14.5 Å². The van der Waals surface area contributed by atoms with Crippen LogP contribution in [-0.4, -0.2) is 23.0 Å². The molecule has 0 aliphatic rings. The molecule has 1 aromatic carbocycles. The first-order valence-electron chi connectivity index (χ1n) is 8.16. The van der Waals surface area contributed by atoms with Crippen LogP contribution < -0.4 is 10.3 Å². The number of aryl methyl sites for hydroxylation is 1. The first-order valence-corrected chi connectivity index (χ1v) is 9.92. The monoisotopic (exact) mass is 398 g/mol. The number of hydrazone groups is 1. The number of thiazole rings is 1. The molecule has 0 saturated carbocycles. The van der Waals surface area contributed by atoms with Crippen molar-refractivity contribution in [3.8, 4) is 0 Å². The average Bonchev–Trinajstić information content (AvgIpc) is 3.31. The van der Waals surface area contributed by atoms with Crippen LogP contribution in [0.25, 0.3) is 0 Å². The molecule has 2 aromatic heterocycles. The maximum Gasteiger partial charge on any atom is 0.281 e. The summed E-state index contributed by atoms with van der Waals surface area (Å²) in [5, 5.41) is 8.12. The largest absolute Gasteiger partial charge is 0.281 e. The molecule has 0 fully saturated rings. The molecular formula is C19H18N4O2S2. The smallest absolute Gasteiger partial charge is 0.274 e. The molecule has 6 nitrogen and oxygen atoms in total. The number of rotatable bonds is 5. The molecule has 0 aliphatic heterocycles. The topological polar surface area (TPSA) is 74.7 Å². The van der Waals surface area contributed by atoms with Gasteiger partial charge in [-0.05, 0) is 42.5 Å². The van der Waals surface area contributed by atoms with Crippen molar-refractivity contribution in [2.45, 2.75) is 20.8 Å². The highest BCUT2D eigenvalue weighted by atomic mass is 32.1. The zero-order chi connectivity index (χ0) is 19.4. The number of hydrogen-bond donors (Lipinski definition) is 1. The van der Waals surface area contributed by atoms with Gasteiger partial charge < -0.3 is 0 Å². The lowest BCUT2D eigenvalue weighted by molar-refractivity contribution is -0.115. The van der Waals surface area contributed by atoms with Crippen molar-refractivity contribution in [3.63, 3.8) is 0 Å². The number of aromatic nitrogens is 1. The van der Waals surface area contributed by atoms with Gasteiger partial charge in [0.1, 0.15) is 0 Å². The van der Waals surface area contributed by atoms with Crippen LogP contribution in [0.15, 0.2) is 46.2 Å². The van der Waals surface area contributed by atoms with E-state index in [0.717, 1.165) is 16.8 Å². The van der Waals surface area contributed by atoms with E-state index in [0.29, 0.717) is 15.7 Å². The lowest BCUT2D eigenvalue weighted by Gasteiger charge is -2.21. The summed E-state index contributed by atoms with van der Waals surface area (Å²) < 4.78 is 0. The molecule has 0 bridgehead atoms. The van der Waals surface area contributed by atoms with Crippen LogP contribution in [0, 0.1) is 13.8 Å². The summed E-state index contributed by atoms with van der Waals surface area (Å²) in [5.41, 5.74) is 5.98. The van der Waals surface area contributed by atoms with E-state index >= 15 is 0 Å². The zero-order valence-corrected chi connectivity index (χ0v) is 16.7. The fourth-order valence-corrected chi connectivity index (χ4v) is 3.89. The van der Waals surface area contributed by atoms with Crippen LogP contribution in [0.5, 0.6) is 0 Å². The van der Waals surface area contributed by atoms with E-state index in [1.807, 2.05) is 37.4 Å². The maximum absolute atomic E-state index is 12.3. The molecule has 3 rings (SSSR count). The Morgan fingerprint density at radius 2 is 2.00 bits per heavy atom. The van der Waals surface area contributed by atoms with Crippen LogP contribution in [0.4, 0.5) is 10.8 Å². The molecule has 27 heavy (non-hydrogen) atoms. The van der Waals surface area contributed by atoms with Gasteiger partial charge in [-0.1, -0.05) is 18.2 Å². The van der Waals surface area contributed by atoms with E-state index in [1.54, 1.807) is 22.4 Å². The predicted octanol–water partition coefficient (Wildman–Crippen LogP) is 4.27. The summed E-state index contributed by atoms with van der Waals surface area (Å²) in [6.07, 6.45) is 1.47. The Morgan fingerprint density at radius 1 is 1.19 bits per heavy atom. The third-order valence-corrected chi connectivity index (χ3v) is 5.65. The van der Waals surface area contributed by atoms with E-state index in [2.05, 4.69) is 15.5 Å². The average molecular weight is 399 g/mol. The van der Waals surface area contributed by atoms with Gasteiger partial charge in [0.15, 0.2) is 5.13 Å². The van der Waals surface area contributed by atoms with Gasteiger partial charge in [-0.25, -0.2) is 10.4 Å². The fraction of sp³-hybridized carbons (Fsp3) is 0.158. The molecule has 0 unspecified atom stereocenters. The van der Waals surface area contributed by atoms with Gasteiger partial charge in [0, 0.05) is 12.3 Å². The molecule has 0 atom stereocenters. The number of nitrogens with one attached hydrogen (secondary N) is 1. The number of hydrogen-bond acceptors (Lipinski definition) is 6. The molecule has 138 valence electrons. The summed E-state index contributed by atoms with van der Waals surface area (Å²) in [6.45, 7) is 5.50. The van der Waals surface area contributed by atoms with Gasteiger partial charge in [0.05, 0.1) is 22.5 Å². The highest BCUT2D eigenvalue weighted by Crippen LogP contribution is 2.32. The van der Waals surface area contributed by atoms with E-state index in [1.165, 1.54) is 35.8 Å². The highest BCUT2D eigenvalue weighted by molar-refractivity contribution is 7.14. The minimum Gasteiger partial charge on any atom is -0.274 e. The lowest BCUT2D eigenvalue weighted by Crippen LogP contribution is -2.23. The van der Waals surface area contributed by atoms with Crippen molar-refractivity contribution in [3.05, 3.63) is 62.8 Å². The van der Waals surface area contributed by atoms with Gasteiger partial charge in [-0.2, -0.15) is 5.10 Å². The second-order valence-electron chi connectivity index (χ2n) is 5.80. The van der Waals surface area contributed by atoms with Crippen LogP contribution in [0.3, 0.4) is 0 Å². The van der Waals surface area contributed by atoms with E-state index in [4.69, 9.17) is 0 Å². The molecule has 2 heterocycles. The van der Waals surface area contributed by atoms with Crippen molar-refractivity contribution in [1.82, 2.24) is 10.4 Å². The number of benzene rings is 1. The molecule has 2 amide bonds. The number of anilines is 2. The van der Waals surface area contributed by atoms with Crippen molar-refractivity contribution < 1.29 is 9.59 Å². The molecule has 3 aromatic rings. The third-order valence-electron chi connectivity index (χ3n) is 3.94. The molecule has 0 radical (unpaired) electrons. The summed E-state index contributed by atoms with van der Waals surface area (Å²) in [6, 6.07) is 9.36. The second kappa shape index (κ2) is 8.24. The Hall–Kier alpha value is -2.84. The second-order valence-corrected chi connectivity index (χ2v) is 7.59. The van der Waals surface area contributed by atoms with Gasteiger partial charge >= 0.3 is 0 Å². The standard InChI is InChI=1S/C19H18N4O2S2/c1-12-6-4-7-16(13(12)2)23(14(3)24)19-21-15(11-27-19)10-20-22-18(25)17-8-5-9-26-17/h4-11H,1-3H3,(H,22,25)/b20-10-. The number of nitrogens with zero attached hydrogens (tertiary/aromatic N) is 3. The Bertz CT molecular complexity index is 993. The molecule has 1 N–H and O–H groups in total. The first kappa shape index (κ1) is 18.9. The van der Waals surface area contributed by atoms with E-state index in [9.17, 15) is 9.59 Å². The van der Waals surface area contributed by atoms with Gasteiger partial charge in [0.25, 0.3) is 5.91 Å². The normalized spacial score (nSPS) is 10.9. The minimum absolute atomic E-state index is 0.118. The van der Waals surface area contributed by atoms with Gasteiger partial charge in [0.2, 0.25) is 5.91 Å². The molecule has 0 aliphatic carbocycles. The Morgan fingerprint density at radius 3 is 2.70 bits per heavy atom. The number of carbonyl (C=O) groups is 2. The van der Waals surface area contributed by atoms with Gasteiger partial charge in [-0.15, -0.1) is 22.7 Å². The van der Waals surface area contributed by atoms with Crippen molar-refractivity contribution in [2.24, 2.45) is 5.10 Å². The fourth-order valence-electron chi connectivity index (χ4n) is 2.44. The molecule has 0 spiro atoms. The maximum atomic E-state index is 12.3. The highest BCUT2D eigenvalue weighted by Gasteiger charge is 2.20. The van der Waals surface area contributed by atoms with E-state index in [-0.39, 0.29) is 11.8 Å². The minimum atomic E-state index is -0.266. The lowest BCUT2D eigenvalue weighted by atomic mass is 10.1. The van der Waals surface area contributed by atoms with Crippen LogP contribution in [-0.2, 0) is 4.79 Å². The van der Waals surface area contributed by atoms with Crippen molar-refractivity contribution in [1.29, 1.82) is 0 Å².